The average molecular weight is 329 g/mol. The van der Waals surface area contributed by atoms with Gasteiger partial charge in [0.25, 0.3) is 0 Å². The third-order valence-electron chi connectivity index (χ3n) is 4.94. The van der Waals surface area contributed by atoms with Crippen molar-refractivity contribution >= 4 is 11.8 Å². The van der Waals surface area contributed by atoms with E-state index in [0.29, 0.717) is 0 Å². The standard InChI is InChI=1S/C21H44S/c1-5-9-11-13-14-20(8-4)19-21(15-12-10-6-2)16-18-22-17-7-3/h20-21H,5-19H2,1-4H3. The summed E-state index contributed by atoms with van der Waals surface area (Å²) in [5.41, 5.74) is 0. The number of unbranched alkanes of at least 4 members (excludes halogenated alkanes) is 5. The van der Waals surface area contributed by atoms with Gasteiger partial charge in [0.1, 0.15) is 0 Å². The zero-order valence-corrected chi connectivity index (χ0v) is 17.0. The first kappa shape index (κ1) is 22.4. The summed E-state index contributed by atoms with van der Waals surface area (Å²) in [7, 11) is 0. The summed E-state index contributed by atoms with van der Waals surface area (Å²) in [6, 6.07) is 0. The van der Waals surface area contributed by atoms with Crippen molar-refractivity contribution in [2.24, 2.45) is 11.8 Å². The number of hydrogen-bond donors (Lipinski definition) is 0. The number of hydrogen-bond acceptors (Lipinski definition) is 1. The fraction of sp³-hybridized carbons (Fsp3) is 1.00. The van der Waals surface area contributed by atoms with E-state index in [1.54, 1.807) is 0 Å². The van der Waals surface area contributed by atoms with E-state index >= 15 is 0 Å². The summed E-state index contributed by atoms with van der Waals surface area (Å²) in [4.78, 5) is 0. The summed E-state index contributed by atoms with van der Waals surface area (Å²) in [5, 5.41) is 0. The molecular weight excluding hydrogens is 284 g/mol. The Morgan fingerprint density at radius 1 is 0.591 bits per heavy atom. The Hall–Kier alpha value is 0.350. The molecule has 0 rings (SSSR count). The van der Waals surface area contributed by atoms with Crippen LogP contribution in [0, 0.1) is 11.8 Å². The molecule has 0 amide bonds. The van der Waals surface area contributed by atoms with Gasteiger partial charge in [-0.3, -0.25) is 0 Å². The van der Waals surface area contributed by atoms with Gasteiger partial charge in [-0.2, -0.15) is 11.8 Å². The Bertz CT molecular complexity index is 202. The van der Waals surface area contributed by atoms with Gasteiger partial charge in [-0.1, -0.05) is 91.9 Å². The van der Waals surface area contributed by atoms with Crippen LogP contribution in [0.5, 0.6) is 0 Å². The van der Waals surface area contributed by atoms with Crippen molar-refractivity contribution in [3.05, 3.63) is 0 Å². The summed E-state index contributed by atoms with van der Waals surface area (Å²) in [6.45, 7) is 9.36. The fourth-order valence-electron chi connectivity index (χ4n) is 3.38. The van der Waals surface area contributed by atoms with Gasteiger partial charge in [0.15, 0.2) is 0 Å². The maximum Gasteiger partial charge on any atom is -0.00649 e. The molecule has 0 N–H and O–H groups in total. The first-order valence-corrected chi connectivity index (χ1v) is 11.5. The molecule has 0 aromatic carbocycles. The molecule has 0 radical (unpaired) electrons. The lowest BCUT2D eigenvalue weighted by Crippen LogP contribution is -2.10. The Balaban J connectivity index is 4.06. The van der Waals surface area contributed by atoms with Crippen molar-refractivity contribution < 1.29 is 0 Å². The highest BCUT2D eigenvalue weighted by molar-refractivity contribution is 7.99. The van der Waals surface area contributed by atoms with E-state index in [0.717, 1.165) is 11.8 Å². The molecule has 134 valence electrons. The minimum absolute atomic E-state index is 1.000. The lowest BCUT2D eigenvalue weighted by atomic mass is 9.84. The van der Waals surface area contributed by atoms with Gasteiger partial charge < -0.3 is 0 Å². The van der Waals surface area contributed by atoms with Crippen LogP contribution in [0.1, 0.15) is 111 Å². The van der Waals surface area contributed by atoms with Crippen LogP contribution in [0.25, 0.3) is 0 Å². The maximum atomic E-state index is 2.42. The van der Waals surface area contributed by atoms with Gasteiger partial charge >= 0.3 is 0 Å². The highest BCUT2D eigenvalue weighted by Crippen LogP contribution is 2.28. The van der Waals surface area contributed by atoms with Crippen LogP contribution in [0.3, 0.4) is 0 Å². The molecule has 0 saturated heterocycles. The molecule has 0 aliphatic heterocycles. The molecular formula is C21H44S. The van der Waals surface area contributed by atoms with Crippen molar-refractivity contribution in [3.63, 3.8) is 0 Å². The molecule has 0 fully saturated rings. The summed E-state index contributed by atoms with van der Waals surface area (Å²) in [6.07, 6.45) is 18.7. The molecule has 2 atom stereocenters. The Kier molecular flexibility index (Phi) is 18.0. The van der Waals surface area contributed by atoms with E-state index in [9.17, 15) is 0 Å². The van der Waals surface area contributed by atoms with Crippen LogP contribution in [-0.2, 0) is 0 Å². The maximum absolute atomic E-state index is 2.42. The van der Waals surface area contributed by atoms with Crippen LogP contribution in [0.2, 0.25) is 0 Å². The highest BCUT2D eigenvalue weighted by Gasteiger charge is 2.15. The van der Waals surface area contributed by atoms with Gasteiger partial charge in [0.05, 0.1) is 0 Å². The monoisotopic (exact) mass is 328 g/mol. The molecule has 22 heavy (non-hydrogen) atoms. The molecule has 0 spiro atoms. The molecule has 0 saturated carbocycles. The van der Waals surface area contributed by atoms with Gasteiger partial charge in [0, 0.05) is 0 Å². The molecule has 0 aromatic heterocycles. The van der Waals surface area contributed by atoms with Crippen LogP contribution in [0.4, 0.5) is 0 Å². The third kappa shape index (κ3) is 14.0. The normalized spacial score (nSPS) is 14.2. The second kappa shape index (κ2) is 17.7. The molecule has 0 aliphatic carbocycles. The van der Waals surface area contributed by atoms with Crippen molar-refractivity contribution in [1.82, 2.24) is 0 Å². The lowest BCUT2D eigenvalue weighted by molar-refractivity contribution is 0.309. The van der Waals surface area contributed by atoms with Crippen LogP contribution in [0.15, 0.2) is 0 Å². The summed E-state index contributed by atoms with van der Waals surface area (Å²) < 4.78 is 0. The van der Waals surface area contributed by atoms with Crippen LogP contribution >= 0.6 is 11.8 Å². The zero-order chi connectivity index (χ0) is 16.5. The molecule has 0 nitrogen and oxygen atoms in total. The molecule has 0 heterocycles. The fourth-order valence-corrected chi connectivity index (χ4v) is 4.37. The van der Waals surface area contributed by atoms with Crippen molar-refractivity contribution in [2.75, 3.05) is 11.5 Å². The summed E-state index contributed by atoms with van der Waals surface area (Å²) in [5.74, 6) is 4.76. The Morgan fingerprint density at radius 3 is 1.86 bits per heavy atom. The third-order valence-corrected chi connectivity index (χ3v) is 6.17. The smallest absolute Gasteiger partial charge is 0.00649 e. The van der Waals surface area contributed by atoms with Crippen LogP contribution < -0.4 is 0 Å². The molecule has 1 heteroatoms. The second-order valence-electron chi connectivity index (χ2n) is 7.12. The van der Waals surface area contributed by atoms with E-state index in [2.05, 4.69) is 39.5 Å². The topological polar surface area (TPSA) is 0 Å². The molecule has 0 aliphatic rings. The first-order chi connectivity index (χ1) is 10.8. The van der Waals surface area contributed by atoms with Crippen molar-refractivity contribution in [3.8, 4) is 0 Å². The van der Waals surface area contributed by atoms with Gasteiger partial charge in [0.2, 0.25) is 0 Å². The van der Waals surface area contributed by atoms with Gasteiger partial charge in [-0.05, 0) is 42.6 Å². The van der Waals surface area contributed by atoms with Crippen LogP contribution in [-0.4, -0.2) is 11.5 Å². The molecule has 2 unspecified atom stereocenters. The quantitative estimate of drug-likeness (QED) is 0.243. The van der Waals surface area contributed by atoms with Gasteiger partial charge in [-0.25, -0.2) is 0 Å². The Labute approximate surface area is 146 Å². The lowest BCUT2D eigenvalue weighted by Gasteiger charge is -2.23. The van der Waals surface area contributed by atoms with Crippen molar-refractivity contribution in [2.45, 2.75) is 111 Å². The van der Waals surface area contributed by atoms with E-state index in [4.69, 9.17) is 0 Å². The van der Waals surface area contributed by atoms with E-state index in [1.165, 1.54) is 95.0 Å². The van der Waals surface area contributed by atoms with Crippen molar-refractivity contribution in [1.29, 1.82) is 0 Å². The largest absolute Gasteiger partial charge is 0.162 e. The minimum Gasteiger partial charge on any atom is -0.162 e. The second-order valence-corrected chi connectivity index (χ2v) is 8.35. The summed E-state index contributed by atoms with van der Waals surface area (Å²) >= 11 is 2.18. The SMILES string of the molecule is CCCCCCC(CC)CC(CCCCC)CCSCCC. The predicted molar refractivity (Wildman–Crippen MR) is 107 cm³/mol. The first-order valence-electron chi connectivity index (χ1n) is 10.4. The zero-order valence-electron chi connectivity index (χ0n) is 16.2. The van der Waals surface area contributed by atoms with E-state index in [-0.39, 0.29) is 0 Å². The Morgan fingerprint density at radius 2 is 1.23 bits per heavy atom. The average Bonchev–Trinajstić information content (AvgIpc) is 2.54. The number of rotatable bonds is 17. The predicted octanol–water partition coefficient (Wildman–Crippen LogP) is 8.10. The molecule has 0 bridgehead atoms. The molecule has 0 aromatic rings. The number of thioether (sulfide) groups is 1. The van der Waals surface area contributed by atoms with E-state index < -0.39 is 0 Å². The highest BCUT2D eigenvalue weighted by atomic mass is 32.2. The van der Waals surface area contributed by atoms with Gasteiger partial charge in [-0.15, -0.1) is 0 Å². The minimum atomic E-state index is 1.000. The van der Waals surface area contributed by atoms with E-state index in [1.807, 2.05) is 0 Å².